The first kappa shape index (κ1) is 13.9. The summed E-state index contributed by atoms with van der Waals surface area (Å²) in [4.78, 5) is 29.3. The molecule has 5 nitrogen and oxygen atoms in total. The van der Waals surface area contributed by atoms with E-state index in [4.69, 9.17) is 0 Å². The van der Waals surface area contributed by atoms with Crippen molar-refractivity contribution in [1.29, 1.82) is 0 Å². The minimum absolute atomic E-state index is 0.0133. The standard InChI is InChI=1S/C11H16BrN3O2/c1-7(2)14(4)9(16)5-15-6-13-8(3)10(12)11(15)17/h6-7H,5H2,1-4H3. The van der Waals surface area contributed by atoms with E-state index in [-0.39, 0.29) is 24.1 Å². The second kappa shape index (κ2) is 5.44. The minimum Gasteiger partial charge on any atom is -0.342 e. The maximum Gasteiger partial charge on any atom is 0.268 e. The number of rotatable bonds is 3. The first-order chi connectivity index (χ1) is 7.84. The van der Waals surface area contributed by atoms with Gasteiger partial charge in [0.05, 0.1) is 12.0 Å². The highest BCUT2D eigenvalue weighted by Gasteiger charge is 2.14. The van der Waals surface area contributed by atoms with Crippen LogP contribution in [0.3, 0.4) is 0 Å². The predicted molar refractivity (Wildman–Crippen MR) is 68.8 cm³/mol. The van der Waals surface area contributed by atoms with E-state index in [1.807, 2.05) is 13.8 Å². The summed E-state index contributed by atoms with van der Waals surface area (Å²) in [6.07, 6.45) is 1.40. The summed E-state index contributed by atoms with van der Waals surface area (Å²) >= 11 is 3.17. The molecule has 0 N–H and O–H groups in total. The Morgan fingerprint density at radius 1 is 1.59 bits per heavy atom. The van der Waals surface area contributed by atoms with Gasteiger partial charge in [-0.25, -0.2) is 4.98 Å². The quantitative estimate of drug-likeness (QED) is 0.842. The Hall–Kier alpha value is -1.17. The second-order valence-corrected chi connectivity index (χ2v) is 4.97. The highest BCUT2D eigenvalue weighted by molar-refractivity contribution is 9.10. The zero-order valence-electron chi connectivity index (χ0n) is 10.4. The van der Waals surface area contributed by atoms with Crippen molar-refractivity contribution in [3.63, 3.8) is 0 Å². The number of carbonyl (C=O) groups is 1. The maximum atomic E-state index is 11.8. The van der Waals surface area contributed by atoms with Gasteiger partial charge in [-0.2, -0.15) is 0 Å². The molecule has 1 aromatic rings. The van der Waals surface area contributed by atoms with Gasteiger partial charge in [0.1, 0.15) is 11.0 Å². The van der Waals surface area contributed by atoms with Crippen molar-refractivity contribution in [2.75, 3.05) is 7.05 Å². The van der Waals surface area contributed by atoms with E-state index >= 15 is 0 Å². The Morgan fingerprint density at radius 2 is 2.18 bits per heavy atom. The van der Waals surface area contributed by atoms with Gasteiger partial charge < -0.3 is 4.90 Å². The van der Waals surface area contributed by atoms with Crippen LogP contribution in [0.1, 0.15) is 19.5 Å². The predicted octanol–water partition coefficient (Wildman–Crippen LogP) is 1.18. The molecule has 0 atom stereocenters. The Labute approximate surface area is 109 Å². The third-order valence-electron chi connectivity index (χ3n) is 2.63. The van der Waals surface area contributed by atoms with Crippen LogP contribution in [-0.2, 0) is 11.3 Å². The largest absolute Gasteiger partial charge is 0.342 e. The lowest BCUT2D eigenvalue weighted by Crippen LogP contribution is -2.38. The molecule has 1 aromatic heterocycles. The average Bonchev–Trinajstić information content (AvgIpc) is 2.28. The third kappa shape index (κ3) is 3.15. The summed E-state index contributed by atoms with van der Waals surface area (Å²) in [6, 6.07) is 0.111. The molecule has 1 rings (SSSR count). The molecule has 0 bridgehead atoms. The molecule has 6 heteroatoms. The van der Waals surface area contributed by atoms with Crippen molar-refractivity contribution in [3.8, 4) is 0 Å². The lowest BCUT2D eigenvalue weighted by Gasteiger charge is -2.21. The number of halogens is 1. The molecule has 0 aliphatic carbocycles. The van der Waals surface area contributed by atoms with Crippen molar-refractivity contribution in [3.05, 3.63) is 26.8 Å². The van der Waals surface area contributed by atoms with Crippen molar-refractivity contribution >= 4 is 21.8 Å². The fraction of sp³-hybridized carbons (Fsp3) is 0.545. The summed E-state index contributed by atoms with van der Waals surface area (Å²) in [5.74, 6) is -0.111. The van der Waals surface area contributed by atoms with Crippen LogP contribution in [-0.4, -0.2) is 33.4 Å². The van der Waals surface area contributed by atoms with Crippen LogP contribution >= 0.6 is 15.9 Å². The number of amides is 1. The Kier molecular flexibility index (Phi) is 4.45. The zero-order valence-corrected chi connectivity index (χ0v) is 12.0. The van der Waals surface area contributed by atoms with E-state index in [9.17, 15) is 9.59 Å². The topological polar surface area (TPSA) is 55.2 Å². The van der Waals surface area contributed by atoms with Crippen molar-refractivity contribution in [2.24, 2.45) is 0 Å². The van der Waals surface area contributed by atoms with E-state index in [0.717, 1.165) is 0 Å². The fourth-order valence-electron chi connectivity index (χ4n) is 1.20. The van der Waals surface area contributed by atoms with Crippen LogP contribution < -0.4 is 5.56 Å². The summed E-state index contributed by atoms with van der Waals surface area (Å²) < 4.78 is 1.71. The number of aryl methyl sites for hydroxylation is 1. The Bertz CT molecular complexity index is 482. The summed E-state index contributed by atoms with van der Waals surface area (Å²) in [7, 11) is 1.72. The number of nitrogens with zero attached hydrogens (tertiary/aromatic N) is 3. The van der Waals surface area contributed by atoms with Crippen LogP contribution in [0.15, 0.2) is 15.6 Å². The SMILES string of the molecule is Cc1ncn(CC(=O)N(C)C(C)C)c(=O)c1Br. The monoisotopic (exact) mass is 301 g/mol. The van der Waals surface area contributed by atoms with Crippen LogP contribution in [0.2, 0.25) is 0 Å². The number of aromatic nitrogens is 2. The van der Waals surface area contributed by atoms with Crippen molar-refractivity contribution in [1.82, 2.24) is 14.5 Å². The van der Waals surface area contributed by atoms with Crippen LogP contribution in [0, 0.1) is 6.92 Å². The summed E-state index contributed by atoms with van der Waals surface area (Å²) in [5.41, 5.74) is 0.388. The molecule has 17 heavy (non-hydrogen) atoms. The molecule has 0 saturated carbocycles. The van der Waals surface area contributed by atoms with E-state index in [2.05, 4.69) is 20.9 Å². The highest BCUT2D eigenvalue weighted by Crippen LogP contribution is 2.06. The molecular formula is C11H16BrN3O2. The van der Waals surface area contributed by atoms with Gasteiger partial charge >= 0.3 is 0 Å². The van der Waals surface area contributed by atoms with Crippen LogP contribution in [0.5, 0.6) is 0 Å². The van der Waals surface area contributed by atoms with Gasteiger partial charge in [-0.1, -0.05) is 0 Å². The molecule has 0 aromatic carbocycles. The maximum absolute atomic E-state index is 11.8. The average molecular weight is 302 g/mol. The van der Waals surface area contributed by atoms with Gasteiger partial charge in [0, 0.05) is 13.1 Å². The number of carbonyl (C=O) groups excluding carboxylic acids is 1. The highest BCUT2D eigenvalue weighted by atomic mass is 79.9. The molecular weight excluding hydrogens is 286 g/mol. The van der Waals surface area contributed by atoms with Crippen molar-refractivity contribution < 1.29 is 4.79 Å². The third-order valence-corrected chi connectivity index (χ3v) is 3.54. The van der Waals surface area contributed by atoms with Crippen molar-refractivity contribution in [2.45, 2.75) is 33.4 Å². The zero-order chi connectivity index (χ0) is 13.2. The normalized spacial score (nSPS) is 10.7. The summed E-state index contributed by atoms with van der Waals surface area (Å²) in [5, 5.41) is 0. The Balaban J connectivity index is 2.94. The van der Waals surface area contributed by atoms with Gasteiger partial charge in [0.15, 0.2) is 0 Å². The van der Waals surface area contributed by atoms with E-state index in [0.29, 0.717) is 10.2 Å². The fourth-order valence-corrected chi connectivity index (χ4v) is 1.53. The first-order valence-corrected chi connectivity index (χ1v) is 6.11. The lowest BCUT2D eigenvalue weighted by molar-refractivity contribution is -0.132. The minimum atomic E-state index is -0.233. The molecule has 94 valence electrons. The molecule has 0 fully saturated rings. The summed E-state index contributed by atoms with van der Waals surface area (Å²) in [6.45, 7) is 5.59. The lowest BCUT2D eigenvalue weighted by atomic mass is 10.3. The van der Waals surface area contributed by atoms with Crippen LogP contribution in [0.25, 0.3) is 0 Å². The molecule has 0 radical (unpaired) electrons. The number of hydrogen-bond acceptors (Lipinski definition) is 3. The van der Waals surface area contributed by atoms with Gasteiger partial charge in [0.25, 0.3) is 5.56 Å². The van der Waals surface area contributed by atoms with Gasteiger partial charge in [-0.3, -0.25) is 14.2 Å². The number of hydrogen-bond donors (Lipinski definition) is 0. The molecule has 0 aliphatic rings. The van der Waals surface area contributed by atoms with E-state index in [1.54, 1.807) is 18.9 Å². The molecule has 0 aliphatic heterocycles. The van der Waals surface area contributed by atoms with Gasteiger partial charge in [0.2, 0.25) is 5.91 Å². The molecule has 0 saturated heterocycles. The molecule has 0 unspecified atom stereocenters. The van der Waals surface area contributed by atoms with Gasteiger partial charge in [-0.15, -0.1) is 0 Å². The molecule has 1 heterocycles. The second-order valence-electron chi connectivity index (χ2n) is 4.18. The molecule has 1 amide bonds. The smallest absolute Gasteiger partial charge is 0.268 e. The van der Waals surface area contributed by atoms with E-state index < -0.39 is 0 Å². The number of likely N-dealkylation sites (N-methyl/N-ethyl adjacent to an activating group) is 1. The van der Waals surface area contributed by atoms with E-state index in [1.165, 1.54) is 10.9 Å². The van der Waals surface area contributed by atoms with Gasteiger partial charge in [-0.05, 0) is 36.7 Å². The first-order valence-electron chi connectivity index (χ1n) is 5.31. The van der Waals surface area contributed by atoms with Crippen LogP contribution in [0.4, 0.5) is 0 Å². The Morgan fingerprint density at radius 3 is 2.71 bits per heavy atom. The molecule has 0 spiro atoms.